The molecule has 0 aliphatic rings. The molecular formula is C7H8ClFN2O2. The number of rotatable bonds is 2. The Bertz CT molecular complexity index is 335. The first-order chi connectivity index (χ1) is 5.59. The van der Waals surface area contributed by atoms with Crippen molar-refractivity contribution < 1.29 is 14.3 Å². The van der Waals surface area contributed by atoms with Crippen molar-refractivity contribution in [1.82, 2.24) is 9.55 Å². The highest BCUT2D eigenvalue weighted by Gasteiger charge is 2.05. The molecule has 0 radical (unpaired) electrons. The van der Waals surface area contributed by atoms with Gasteiger partial charge in [-0.1, -0.05) is 0 Å². The fourth-order valence-corrected chi connectivity index (χ4v) is 0.699. The second-order valence-electron chi connectivity index (χ2n) is 2.26. The van der Waals surface area contributed by atoms with Crippen LogP contribution in [0, 0.1) is 0 Å². The molecule has 0 spiro atoms. The molecule has 0 bridgehead atoms. The minimum absolute atomic E-state index is 0. The summed E-state index contributed by atoms with van der Waals surface area (Å²) in [5.74, 6) is -2.80. The van der Waals surface area contributed by atoms with Gasteiger partial charge in [-0.2, -0.15) is 4.39 Å². The molecule has 1 heterocycles. The monoisotopic (exact) mass is 206 g/mol. The maximum atomic E-state index is 12.4. The van der Waals surface area contributed by atoms with Crippen LogP contribution in [0.5, 0.6) is 0 Å². The molecule has 0 unspecified atom stereocenters. The van der Waals surface area contributed by atoms with Crippen LogP contribution in [0.2, 0.25) is 0 Å². The zero-order chi connectivity index (χ0) is 9.14. The van der Waals surface area contributed by atoms with Gasteiger partial charge in [0.05, 0.1) is 12.0 Å². The molecule has 0 aliphatic heterocycles. The summed E-state index contributed by atoms with van der Waals surface area (Å²) in [4.78, 5) is 13.8. The van der Waals surface area contributed by atoms with Crippen LogP contribution in [0.4, 0.5) is 4.39 Å². The van der Waals surface area contributed by atoms with Crippen molar-refractivity contribution in [2.24, 2.45) is 7.05 Å². The minimum atomic E-state index is -1.58. The van der Waals surface area contributed by atoms with Crippen LogP contribution in [0.15, 0.2) is 18.4 Å². The van der Waals surface area contributed by atoms with Crippen molar-refractivity contribution in [2.45, 2.75) is 0 Å². The predicted molar refractivity (Wildman–Crippen MR) is 47.2 cm³/mol. The molecule has 72 valence electrons. The maximum Gasteiger partial charge on any atom is 0.364 e. The number of aromatic nitrogens is 2. The van der Waals surface area contributed by atoms with Gasteiger partial charge >= 0.3 is 5.97 Å². The normalized spacial score (nSPS) is 10.8. The summed E-state index contributed by atoms with van der Waals surface area (Å²) < 4.78 is 14.0. The number of halogens is 2. The average molecular weight is 207 g/mol. The smallest absolute Gasteiger partial charge is 0.364 e. The fourth-order valence-electron chi connectivity index (χ4n) is 0.699. The summed E-state index contributed by atoms with van der Waals surface area (Å²) in [5.41, 5.74) is 0.289. The Kier molecular flexibility index (Phi) is 4.13. The van der Waals surface area contributed by atoms with Crippen LogP contribution in [0.1, 0.15) is 5.69 Å². The number of carbonyl (C=O) groups is 1. The van der Waals surface area contributed by atoms with Crippen LogP contribution in [0.25, 0.3) is 6.08 Å². The molecule has 1 aromatic rings. The second-order valence-corrected chi connectivity index (χ2v) is 2.26. The molecule has 0 saturated carbocycles. The lowest BCUT2D eigenvalue weighted by Gasteiger charge is -1.85. The number of hydrogen-bond acceptors (Lipinski definition) is 2. The number of carboxylic acids is 1. The molecule has 1 aromatic heterocycles. The Hall–Kier alpha value is -1.36. The first kappa shape index (κ1) is 11.6. The maximum absolute atomic E-state index is 12.4. The van der Waals surface area contributed by atoms with Crippen molar-refractivity contribution >= 4 is 24.5 Å². The predicted octanol–water partition coefficient (Wildman–Crippen LogP) is 1.24. The van der Waals surface area contributed by atoms with Gasteiger partial charge in [0.15, 0.2) is 0 Å². The summed E-state index contributed by atoms with van der Waals surface area (Å²) >= 11 is 0. The molecule has 13 heavy (non-hydrogen) atoms. The van der Waals surface area contributed by atoms with Gasteiger partial charge in [-0.05, 0) is 0 Å². The standard InChI is InChI=1S/C7H7FN2O2.ClH/c1-10-3-5(9-4-10)2-6(8)7(11)12;/h2-4H,1H3,(H,11,12);1H/b6-2-;. The van der Waals surface area contributed by atoms with Gasteiger partial charge in [0, 0.05) is 19.3 Å². The lowest BCUT2D eigenvalue weighted by atomic mass is 10.4. The van der Waals surface area contributed by atoms with Crippen LogP contribution in [-0.4, -0.2) is 20.6 Å². The first-order valence-electron chi connectivity index (χ1n) is 3.18. The van der Waals surface area contributed by atoms with E-state index in [0.29, 0.717) is 0 Å². The first-order valence-corrected chi connectivity index (χ1v) is 3.18. The Morgan fingerprint density at radius 3 is 2.77 bits per heavy atom. The van der Waals surface area contributed by atoms with E-state index in [1.165, 1.54) is 12.5 Å². The molecule has 6 heteroatoms. The van der Waals surface area contributed by atoms with Gasteiger partial charge in [0.25, 0.3) is 0 Å². The Morgan fingerprint density at radius 1 is 1.77 bits per heavy atom. The lowest BCUT2D eigenvalue weighted by molar-refractivity contribution is -0.134. The van der Waals surface area contributed by atoms with E-state index in [2.05, 4.69) is 4.98 Å². The number of aliphatic carboxylic acids is 1. The molecule has 1 rings (SSSR count). The molecule has 0 aliphatic carbocycles. The lowest BCUT2D eigenvalue weighted by Crippen LogP contribution is -1.93. The number of aryl methyl sites for hydroxylation is 1. The van der Waals surface area contributed by atoms with Crippen LogP contribution < -0.4 is 0 Å². The summed E-state index contributed by atoms with van der Waals surface area (Å²) in [6.07, 6.45) is 3.84. The molecular weight excluding hydrogens is 199 g/mol. The highest BCUT2D eigenvalue weighted by molar-refractivity contribution is 5.89. The average Bonchev–Trinajstić information content (AvgIpc) is 2.35. The number of nitrogens with zero attached hydrogens (tertiary/aromatic N) is 2. The zero-order valence-corrected chi connectivity index (χ0v) is 7.58. The van der Waals surface area contributed by atoms with Crippen LogP contribution in [0.3, 0.4) is 0 Å². The molecule has 1 N–H and O–H groups in total. The summed E-state index contributed by atoms with van der Waals surface area (Å²) in [7, 11) is 1.71. The summed E-state index contributed by atoms with van der Waals surface area (Å²) in [5, 5.41) is 8.17. The number of carboxylic acid groups (broad SMARTS) is 1. The van der Waals surface area contributed by atoms with Crippen molar-refractivity contribution in [2.75, 3.05) is 0 Å². The molecule has 4 nitrogen and oxygen atoms in total. The van der Waals surface area contributed by atoms with Gasteiger partial charge in [-0.3, -0.25) is 0 Å². The highest BCUT2D eigenvalue weighted by Crippen LogP contribution is 2.04. The molecule has 0 saturated heterocycles. The van der Waals surface area contributed by atoms with E-state index < -0.39 is 11.8 Å². The fraction of sp³-hybridized carbons (Fsp3) is 0.143. The van der Waals surface area contributed by atoms with Crippen LogP contribution >= 0.6 is 12.4 Å². The minimum Gasteiger partial charge on any atom is -0.476 e. The second kappa shape index (κ2) is 4.61. The highest BCUT2D eigenvalue weighted by atomic mass is 35.5. The zero-order valence-electron chi connectivity index (χ0n) is 6.77. The van der Waals surface area contributed by atoms with Gasteiger partial charge in [0.1, 0.15) is 0 Å². The quantitative estimate of drug-likeness (QED) is 0.741. The van der Waals surface area contributed by atoms with E-state index in [0.717, 1.165) is 6.08 Å². The van der Waals surface area contributed by atoms with E-state index in [4.69, 9.17) is 5.11 Å². The Balaban J connectivity index is 0.00000144. The summed E-state index contributed by atoms with van der Waals surface area (Å²) in [6, 6.07) is 0. The van der Waals surface area contributed by atoms with Crippen molar-refractivity contribution in [3.05, 3.63) is 24.0 Å². The summed E-state index contributed by atoms with van der Waals surface area (Å²) in [6.45, 7) is 0. The van der Waals surface area contributed by atoms with Crippen molar-refractivity contribution in [3.8, 4) is 0 Å². The van der Waals surface area contributed by atoms with Gasteiger partial charge in [-0.15, -0.1) is 12.4 Å². The Labute approximate surface area is 80.1 Å². The molecule has 0 amide bonds. The third kappa shape index (κ3) is 3.25. The van der Waals surface area contributed by atoms with Gasteiger partial charge in [0.2, 0.25) is 5.83 Å². The molecule has 0 atom stereocenters. The molecule has 0 fully saturated rings. The van der Waals surface area contributed by atoms with E-state index >= 15 is 0 Å². The largest absolute Gasteiger partial charge is 0.476 e. The van der Waals surface area contributed by atoms with Crippen LogP contribution in [-0.2, 0) is 11.8 Å². The topological polar surface area (TPSA) is 55.1 Å². The van der Waals surface area contributed by atoms with E-state index in [1.807, 2.05) is 0 Å². The van der Waals surface area contributed by atoms with Gasteiger partial charge in [-0.25, -0.2) is 9.78 Å². The van der Waals surface area contributed by atoms with Crippen molar-refractivity contribution in [3.63, 3.8) is 0 Å². The van der Waals surface area contributed by atoms with E-state index in [-0.39, 0.29) is 18.1 Å². The number of imidazole rings is 1. The van der Waals surface area contributed by atoms with E-state index in [9.17, 15) is 9.18 Å². The SMILES string of the molecule is Cl.Cn1cnc(/C=C(\F)C(=O)O)c1. The third-order valence-corrected chi connectivity index (χ3v) is 1.20. The molecule has 0 aromatic carbocycles. The van der Waals surface area contributed by atoms with Gasteiger partial charge < -0.3 is 9.67 Å². The van der Waals surface area contributed by atoms with Crippen molar-refractivity contribution in [1.29, 1.82) is 0 Å². The Morgan fingerprint density at radius 2 is 2.38 bits per heavy atom. The third-order valence-electron chi connectivity index (χ3n) is 1.20. The van der Waals surface area contributed by atoms with E-state index in [1.54, 1.807) is 11.6 Å². The number of hydrogen-bond donors (Lipinski definition) is 1.